The van der Waals surface area contributed by atoms with Gasteiger partial charge in [-0.25, -0.2) is 4.39 Å². The molecule has 0 amide bonds. The zero-order valence-corrected chi connectivity index (χ0v) is 10.7. The molecule has 0 unspecified atom stereocenters. The lowest BCUT2D eigenvalue weighted by molar-refractivity contribution is 0.628. The third kappa shape index (κ3) is 3.36. The molecule has 1 aromatic carbocycles. The Bertz CT molecular complexity index is 617. The average molecular weight is 255 g/mol. The average Bonchev–Trinajstić information content (AvgIpc) is 2.44. The van der Waals surface area contributed by atoms with E-state index in [4.69, 9.17) is 5.26 Å². The van der Waals surface area contributed by atoms with Crippen molar-refractivity contribution in [3.05, 3.63) is 53.6 Å². The van der Waals surface area contributed by atoms with Crippen molar-refractivity contribution in [2.75, 3.05) is 6.54 Å². The summed E-state index contributed by atoms with van der Waals surface area (Å²) >= 11 is 0. The quantitative estimate of drug-likeness (QED) is 0.913. The molecule has 0 bridgehead atoms. The number of rotatable bonds is 4. The smallest absolute Gasteiger partial charge is 0.125 e. The zero-order valence-electron chi connectivity index (χ0n) is 10.7. The van der Waals surface area contributed by atoms with Crippen molar-refractivity contribution in [3.63, 3.8) is 0 Å². The summed E-state index contributed by atoms with van der Waals surface area (Å²) in [4.78, 5) is 4.15. The van der Waals surface area contributed by atoms with E-state index in [1.807, 2.05) is 19.1 Å². The molecule has 0 spiro atoms. The Hall–Kier alpha value is -2.25. The maximum Gasteiger partial charge on any atom is 0.125 e. The van der Waals surface area contributed by atoms with Crippen LogP contribution in [-0.2, 0) is 6.54 Å². The van der Waals surface area contributed by atoms with E-state index >= 15 is 0 Å². The van der Waals surface area contributed by atoms with E-state index in [-0.39, 0.29) is 0 Å². The summed E-state index contributed by atoms with van der Waals surface area (Å²) in [6.07, 6.45) is 3.45. The number of pyridine rings is 1. The largest absolute Gasteiger partial charge is 0.313 e. The van der Waals surface area contributed by atoms with Crippen LogP contribution in [0.15, 0.2) is 36.7 Å². The predicted octanol–water partition coefficient (Wildman–Crippen LogP) is 2.87. The topological polar surface area (TPSA) is 48.7 Å². The van der Waals surface area contributed by atoms with Gasteiger partial charge in [0.2, 0.25) is 0 Å². The van der Waals surface area contributed by atoms with E-state index in [9.17, 15) is 4.39 Å². The molecule has 0 aliphatic heterocycles. The molecule has 1 N–H and O–H groups in total. The first-order chi connectivity index (χ1) is 9.22. The Morgan fingerprint density at radius 3 is 2.79 bits per heavy atom. The standard InChI is InChI=1S/C15H14FN3/c1-2-18-8-12-4-14(10-19-9-12)13-3-11(7-17)5-15(16)6-13/h3-6,9-10,18H,2,8H2,1H3. The van der Waals surface area contributed by atoms with Crippen LogP contribution in [0.5, 0.6) is 0 Å². The highest BCUT2D eigenvalue weighted by Crippen LogP contribution is 2.22. The minimum absolute atomic E-state index is 0.312. The van der Waals surface area contributed by atoms with Crippen LogP contribution in [-0.4, -0.2) is 11.5 Å². The van der Waals surface area contributed by atoms with E-state index < -0.39 is 5.82 Å². The fourth-order valence-corrected chi connectivity index (χ4v) is 1.83. The minimum atomic E-state index is -0.411. The monoisotopic (exact) mass is 255 g/mol. The van der Waals surface area contributed by atoms with E-state index in [2.05, 4.69) is 10.3 Å². The lowest BCUT2D eigenvalue weighted by Crippen LogP contribution is -2.11. The van der Waals surface area contributed by atoms with Crippen LogP contribution < -0.4 is 5.32 Å². The number of benzene rings is 1. The maximum absolute atomic E-state index is 13.4. The summed E-state index contributed by atoms with van der Waals surface area (Å²) in [6, 6.07) is 8.20. The molecule has 19 heavy (non-hydrogen) atoms. The van der Waals surface area contributed by atoms with E-state index in [1.165, 1.54) is 12.1 Å². The molecule has 0 radical (unpaired) electrons. The van der Waals surface area contributed by atoms with E-state index in [0.29, 0.717) is 11.1 Å². The van der Waals surface area contributed by atoms with Crippen molar-refractivity contribution in [1.29, 1.82) is 5.26 Å². The van der Waals surface area contributed by atoms with Gasteiger partial charge in [0.25, 0.3) is 0 Å². The van der Waals surface area contributed by atoms with Gasteiger partial charge in [-0.2, -0.15) is 5.26 Å². The second-order valence-electron chi connectivity index (χ2n) is 4.20. The van der Waals surface area contributed by atoms with E-state index in [0.717, 1.165) is 24.2 Å². The number of hydrogen-bond acceptors (Lipinski definition) is 3. The van der Waals surface area contributed by atoms with Gasteiger partial charge < -0.3 is 5.32 Å². The van der Waals surface area contributed by atoms with Crippen molar-refractivity contribution in [2.45, 2.75) is 13.5 Å². The van der Waals surface area contributed by atoms with Gasteiger partial charge in [-0.15, -0.1) is 0 Å². The Balaban J connectivity index is 2.36. The fourth-order valence-electron chi connectivity index (χ4n) is 1.83. The molecule has 0 saturated heterocycles. The van der Waals surface area contributed by atoms with Crippen LogP contribution in [0.2, 0.25) is 0 Å². The number of nitrogens with one attached hydrogen (secondary N) is 1. The van der Waals surface area contributed by atoms with Gasteiger partial charge in [-0.05, 0) is 41.9 Å². The van der Waals surface area contributed by atoms with Gasteiger partial charge in [0.1, 0.15) is 5.82 Å². The van der Waals surface area contributed by atoms with Crippen LogP contribution in [0.4, 0.5) is 4.39 Å². The summed E-state index contributed by atoms with van der Waals surface area (Å²) in [6.45, 7) is 3.63. The molecule has 3 nitrogen and oxygen atoms in total. The van der Waals surface area contributed by atoms with Crippen LogP contribution in [0.3, 0.4) is 0 Å². The third-order valence-electron chi connectivity index (χ3n) is 2.73. The van der Waals surface area contributed by atoms with Gasteiger partial charge in [-0.1, -0.05) is 6.92 Å². The van der Waals surface area contributed by atoms with Gasteiger partial charge in [0, 0.05) is 24.5 Å². The number of aromatic nitrogens is 1. The van der Waals surface area contributed by atoms with Crippen LogP contribution in [0, 0.1) is 17.1 Å². The molecular weight excluding hydrogens is 241 g/mol. The van der Waals surface area contributed by atoms with Crippen LogP contribution >= 0.6 is 0 Å². The molecule has 1 aromatic heterocycles. The molecule has 0 saturated carbocycles. The number of nitrogens with zero attached hydrogens (tertiary/aromatic N) is 2. The maximum atomic E-state index is 13.4. The Labute approximate surface area is 111 Å². The predicted molar refractivity (Wildman–Crippen MR) is 71.7 cm³/mol. The van der Waals surface area contributed by atoms with Gasteiger partial charge in [-0.3, -0.25) is 4.98 Å². The molecule has 1 heterocycles. The molecule has 0 aliphatic carbocycles. The van der Waals surface area contributed by atoms with Crippen molar-refractivity contribution in [2.24, 2.45) is 0 Å². The lowest BCUT2D eigenvalue weighted by Gasteiger charge is -2.06. The van der Waals surface area contributed by atoms with Crippen molar-refractivity contribution < 1.29 is 4.39 Å². The first kappa shape index (κ1) is 13.2. The highest BCUT2D eigenvalue weighted by molar-refractivity contribution is 5.65. The summed E-state index contributed by atoms with van der Waals surface area (Å²) in [5, 5.41) is 12.1. The summed E-state index contributed by atoms with van der Waals surface area (Å²) in [5.74, 6) is -0.411. The van der Waals surface area contributed by atoms with Crippen molar-refractivity contribution in [3.8, 4) is 17.2 Å². The lowest BCUT2D eigenvalue weighted by atomic mass is 10.0. The van der Waals surface area contributed by atoms with Gasteiger partial charge in [0.05, 0.1) is 11.6 Å². The molecule has 0 atom stereocenters. The first-order valence-corrected chi connectivity index (χ1v) is 6.08. The molecule has 0 aliphatic rings. The molecule has 2 rings (SSSR count). The van der Waals surface area contributed by atoms with Crippen LogP contribution in [0.1, 0.15) is 18.1 Å². The second-order valence-corrected chi connectivity index (χ2v) is 4.20. The second kappa shape index (κ2) is 6.07. The Morgan fingerprint density at radius 1 is 1.21 bits per heavy atom. The van der Waals surface area contributed by atoms with Gasteiger partial charge in [0.15, 0.2) is 0 Å². The fraction of sp³-hybridized carbons (Fsp3) is 0.200. The summed E-state index contributed by atoms with van der Waals surface area (Å²) in [7, 11) is 0. The number of nitriles is 1. The van der Waals surface area contributed by atoms with Crippen LogP contribution in [0.25, 0.3) is 11.1 Å². The normalized spacial score (nSPS) is 10.2. The molecule has 4 heteroatoms. The Morgan fingerprint density at radius 2 is 2.05 bits per heavy atom. The minimum Gasteiger partial charge on any atom is -0.313 e. The van der Waals surface area contributed by atoms with Crippen molar-refractivity contribution >= 4 is 0 Å². The molecule has 2 aromatic rings. The molecule has 0 fully saturated rings. The Kier molecular flexibility index (Phi) is 4.22. The summed E-state index contributed by atoms with van der Waals surface area (Å²) < 4.78 is 13.4. The first-order valence-electron chi connectivity index (χ1n) is 6.08. The molecule has 96 valence electrons. The number of hydrogen-bond donors (Lipinski definition) is 1. The zero-order chi connectivity index (χ0) is 13.7. The third-order valence-corrected chi connectivity index (χ3v) is 2.73. The highest BCUT2D eigenvalue weighted by Gasteiger charge is 2.04. The van der Waals surface area contributed by atoms with Crippen molar-refractivity contribution in [1.82, 2.24) is 10.3 Å². The van der Waals surface area contributed by atoms with Gasteiger partial charge >= 0.3 is 0 Å². The van der Waals surface area contributed by atoms with E-state index in [1.54, 1.807) is 18.5 Å². The number of halogens is 1. The summed E-state index contributed by atoms with van der Waals surface area (Å²) in [5.41, 5.74) is 2.82. The molecular formula is C15H14FN3. The highest BCUT2D eigenvalue weighted by atomic mass is 19.1. The SMILES string of the molecule is CCNCc1cncc(-c2cc(F)cc(C#N)c2)c1.